The average Bonchev–Trinajstić information content (AvgIpc) is 2.98. The molecule has 2 aliphatic rings. The third-order valence-corrected chi connectivity index (χ3v) is 5.25. The molecule has 0 unspecified atom stereocenters. The zero-order valence-corrected chi connectivity index (χ0v) is 15.2. The van der Waals surface area contributed by atoms with Crippen molar-refractivity contribution in [1.29, 1.82) is 0 Å². The van der Waals surface area contributed by atoms with Crippen molar-refractivity contribution in [2.45, 2.75) is 44.6 Å². The van der Waals surface area contributed by atoms with Crippen molar-refractivity contribution in [2.75, 3.05) is 41.3 Å². The van der Waals surface area contributed by atoms with Gasteiger partial charge in [0.1, 0.15) is 5.82 Å². The summed E-state index contributed by atoms with van der Waals surface area (Å²) in [4.78, 5) is 22.4. The molecule has 7 heteroatoms. The van der Waals surface area contributed by atoms with Crippen LogP contribution in [0.4, 0.5) is 17.7 Å². The first-order chi connectivity index (χ1) is 12.9. The lowest BCUT2D eigenvalue weighted by atomic mass is 10.1. The molecule has 0 amide bonds. The lowest BCUT2D eigenvalue weighted by Crippen LogP contribution is -2.47. The first-order valence-electron chi connectivity index (χ1n) is 9.75. The van der Waals surface area contributed by atoms with E-state index in [-0.39, 0.29) is 0 Å². The molecule has 1 N–H and O–H groups in total. The molecule has 1 aliphatic carbocycles. The maximum Gasteiger partial charge on any atom is 0.227 e. The molecule has 0 radical (unpaired) electrons. The van der Waals surface area contributed by atoms with Crippen molar-refractivity contribution < 1.29 is 0 Å². The van der Waals surface area contributed by atoms with E-state index in [2.05, 4.69) is 30.1 Å². The number of hydrogen-bond donors (Lipinski definition) is 1. The standard InChI is InChI=1S/C19H27N7/c1-2-4-7-16(6-3-1)23-17-8-11-22-19(24-17)26-14-12-25(13-15-26)18-20-9-5-10-21-18/h5,8-11,16H,1-4,6-7,12-15H2,(H,22,23,24). The van der Waals surface area contributed by atoms with Gasteiger partial charge in [0.15, 0.2) is 0 Å². The van der Waals surface area contributed by atoms with Crippen molar-refractivity contribution in [3.63, 3.8) is 0 Å². The number of piperazine rings is 1. The second kappa shape index (κ2) is 8.29. The maximum atomic E-state index is 4.77. The van der Waals surface area contributed by atoms with Gasteiger partial charge in [0, 0.05) is 50.8 Å². The van der Waals surface area contributed by atoms with E-state index in [0.29, 0.717) is 6.04 Å². The van der Waals surface area contributed by atoms with E-state index in [1.54, 1.807) is 12.4 Å². The Kier molecular flexibility index (Phi) is 5.42. The highest BCUT2D eigenvalue weighted by molar-refractivity contribution is 5.43. The van der Waals surface area contributed by atoms with E-state index in [1.807, 2.05) is 18.3 Å². The van der Waals surface area contributed by atoms with Gasteiger partial charge in [0.2, 0.25) is 11.9 Å². The summed E-state index contributed by atoms with van der Waals surface area (Å²) in [6.45, 7) is 3.53. The highest BCUT2D eigenvalue weighted by Gasteiger charge is 2.21. The Bertz CT molecular complexity index is 677. The van der Waals surface area contributed by atoms with Crippen LogP contribution in [0.25, 0.3) is 0 Å². The fraction of sp³-hybridized carbons (Fsp3) is 0.579. The highest BCUT2D eigenvalue weighted by atomic mass is 15.4. The predicted octanol–water partition coefficient (Wildman–Crippen LogP) is 2.73. The molecule has 1 saturated carbocycles. The number of rotatable bonds is 4. The fourth-order valence-electron chi connectivity index (χ4n) is 3.77. The monoisotopic (exact) mass is 353 g/mol. The average molecular weight is 353 g/mol. The number of anilines is 3. The van der Waals surface area contributed by atoms with Crippen molar-refractivity contribution >= 4 is 17.7 Å². The lowest BCUT2D eigenvalue weighted by molar-refractivity contribution is 0.613. The summed E-state index contributed by atoms with van der Waals surface area (Å²) in [5.74, 6) is 2.57. The number of nitrogens with one attached hydrogen (secondary N) is 1. The number of hydrogen-bond acceptors (Lipinski definition) is 7. The lowest BCUT2D eigenvalue weighted by Gasteiger charge is -2.34. The van der Waals surface area contributed by atoms with Crippen molar-refractivity contribution in [3.8, 4) is 0 Å². The molecule has 138 valence electrons. The summed E-state index contributed by atoms with van der Waals surface area (Å²) < 4.78 is 0. The minimum atomic E-state index is 0.548. The highest BCUT2D eigenvalue weighted by Crippen LogP contribution is 2.21. The van der Waals surface area contributed by atoms with Crippen molar-refractivity contribution in [1.82, 2.24) is 19.9 Å². The van der Waals surface area contributed by atoms with Crippen molar-refractivity contribution in [3.05, 3.63) is 30.7 Å². The summed E-state index contributed by atoms with van der Waals surface area (Å²) in [6, 6.07) is 4.38. The van der Waals surface area contributed by atoms with Crippen LogP contribution in [-0.4, -0.2) is 52.2 Å². The van der Waals surface area contributed by atoms with Crippen LogP contribution in [0, 0.1) is 0 Å². The second-order valence-electron chi connectivity index (χ2n) is 7.10. The van der Waals surface area contributed by atoms with Gasteiger partial charge in [0.25, 0.3) is 0 Å². The van der Waals surface area contributed by atoms with Gasteiger partial charge in [-0.15, -0.1) is 0 Å². The Morgan fingerprint density at radius 1 is 0.769 bits per heavy atom. The molecule has 2 aromatic heterocycles. The normalized spacial score (nSPS) is 19.2. The molecular formula is C19H27N7. The van der Waals surface area contributed by atoms with Crippen LogP contribution >= 0.6 is 0 Å². The zero-order valence-electron chi connectivity index (χ0n) is 15.2. The number of aromatic nitrogens is 4. The van der Waals surface area contributed by atoms with Crippen LogP contribution < -0.4 is 15.1 Å². The zero-order chi connectivity index (χ0) is 17.6. The molecule has 1 saturated heterocycles. The van der Waals surface area contributed by atoms with Gasteiger partial charge in [0.05, 0.1) is 0 Å². The first-order valence-corrected chi connectivity index (χ1v) is 9.75. The Morgan fingerprint density at radius 3 is 2.08 bits per heavy atom. The molecule has 26 heavy (non-hydrogen) atoms. The molecule has 7 nitrogen and oxygen atoms in total. The van der Waals surface area contributed by atoms with Crippen LogP contribution in [0.2, 0.25) is 0 Å². The van der Waals surface area contributed by atoms with Crippen LogP contribution in [0.5, 0.6) is 0 Å². The van der Waals surface area contributed by atoms with Gasteiger partial charge in [-0.25, -0.2) is 15.0 Å². The Hall–Kier alpha value is -2.44. The largest absolute Gasteiger partial charge is 0.367 e. The predicted molar refractivity (Wildman–Crippen MR) is 104 cm³/mol. The second-order valence-corrected chi connectivity index (χ2v) is 7.10. The Morgan fingerprint density at radius 2 is 1.38 bits per heavy atom. The molecule has 2 aromatic rings. The van der Waals surface area contributed by atoms with E-state index < -0.39 is 0 Å². The van der Waals surface area contributed by atoms with Gasteiger partial charge in [-0.1, -0.05) is 25.7 Å². The van der Waals surface area contributed by atoms with Gasteiger partial charge in [-0.3, -0.25) is 0 Å². The molecule has 4 rings (SSSR count). The summed E-state index contributed by atoms with van der Waals surface area (Å²) in [6.07, 6.45) is 13.3. The van der Waals surface area contributed by atoms with E-state index in [0.717, 1.165) is 43.9 Å². The first kappa shape index (κ1) is 17.0. The SMILES string of the molecule is c1cnc(N2CCN(c3nccc(NC4CCCCCC4)n3)CC2)nc1. The molecule has 0 bridgehead atoms. The van der Waals surface area contributed by atoms with Gasteiger partial charge in [-0.05, 0) is 25.0 Å². The summed E-state index contributed by atoms with van der Waals surface area (Å²) in [5.41, 5.74) is 0. The Balaban J connectivity index is 1.36. The van der Waals surface area contributed by atoms with Crippen LogP contribution in [0.1, 0.15) is 38.5 Å². The van der Waals surface area contributed by atoms with E-state index in [1.165, 1.54) is 38.5 Å². The van der Waals surface area contributed by atoms with E-state index in [4.69, 9.17) is 4.98 Å². The molecule has 0 aromatic carbocycles. The van der Waals surface area contributed by atoms with Gasteiger partial charge >= 0.3 is 0 Å². The molecule has 0 atom stereocenters. The summed E-state index contributed by atoms with van der Waals surface area (Å²) >= 11 is 0. The number of nitrogens with zero attached hydrogens (tertiary/aromatic N) is 6. The van der Waals surface area contributed by atoms with Crippen LogP contribution in [-0.2, 0) is 0 Å². The van der Waals surface area contributed by atoms with Crippen molar-refractivity contribution in [2.24, 2.45) is 0 Å². The summed E-state index contributed by atoms with van der Waals surface area (Å²) in [5, 5.41) is 3.63. The van der Waals surface area contributed by atoms with Gasteiger partial charge in [-0.2, -0.15) is 4.98 Å². The molecular weight excluding hydrogens is 326 g/mol. The molecule has 0 spiro atoms. The smallest absolute Gasteiger partial charge is 0.227 e. The third kappa shape index (κ3) is 4.20. The van der Waals surface area contributed by atoms with Gasteiger partial charge < -0.3 is 15.1 Å². The topological polar surface area (TPSA) is 70.1 Å². The van der Waals surface area contributed by atoms with Crippen LogP contribution in [0.15, 0.2) is 30.7 Å². The molecule has 1 aliphatic heterocycles. The van der Waals surface area contributed by atoms with E-state index in [9.17, 15) is 0 Å². The third-order valence-electron chi connectivity index (χ3n) is 5.25. The minimum Gasteiger partial charge on any atom is -0.367 e. The fourth-order valence-corrected chi connectivity index (χ4v) is 3.77. The molecule has 2 fully saturated rings. The Labute approximate surface area is 154 Å². The molecule has 3 heterocycles. The maximum absolute atomic E-state index is 4.77. The summed E-state index contributed by atoms with van der Waals surface area (Å²) in [7, 11) is 0. The quantitative estimate of drug-likeness (QED) is 0.848. The van der Waals surface area contributed by atoms with E-state index >= 15 is 0 Å². The minimum absolute atomic E-state index is 0.548. The van der Waals surface area contributed by atoms with Crippen LogP contribution in [0.3, 0.4) is 0 Å².